The molecular formula is C82H94IrN2O4-2. The Bertz CT molecular complexity index is 4330. The van der Waals surface area contributed by atoms with Crippen LogP contribution in [0.3, 0.4) is 0 Å². The summed E-state index contributed by atoms with van der Waals surface area (Å²) in [5.74, 6) is 4.04. The van der Waals surface area contributed by atoms with Gasteiger partial charge in [0.05, 0.1) is 11.5 Å². The second kappa shape index (κ2) is 25.8. The zero-order valence-corrected chi connectivity index (χ0v) is 58.8. The number of pyridine rings is 2. The third-order valence-electron chi connectivity index (χ3n) is 18.1. The van der Waals surface area contributed by atoms with Crippen molar-refractivity contribution in [2.45, 2.75) is 182 Å². The number of benzene rings is 8. The molecule has 1 radical (unpaired) electrons. The number of carbonyl (C=O) groups is 1. The second-order valence-electron chi connectivity index (χ2n) is 30.2. The first-order chi connectivity index (χ1) is 41.5. The zero-order chi connectivity index (χ0) is 63.4. The van der Waals surface area contributed by atoms with Crippen LogP contribution in [0.25, 0.3) is 87.1 Å². The third-order valence-corrected chi connectivity index (χ3v) is 18.1. The minimum Gasteiger partial charge on any atom is -0.512 e. The summed E-state index contributed by atoms with van der Waals surface area (Å²) in [5, 5.41) is 24.4. The number of aliphatic hydroxyl groups is 1. The maximum absolute atomic E-state index is 12.0. The van der Waals surface area contributed by atoms with Crippen LogP contribution in [0.15, 0.2) is 127 Å². The molecule has 467 valence electrons. The molecular weight excluding hydrogens is 1270 g/mol. The van der Waals surface area contributed by atoms with Gasteiger partial charge in [0.15, 0.2) is 5.78 Å². The van der Waals surface area contributed by atoms with Gasteiger partial charge in [-0.2, -0.15) is 0 Å². The van der Waals surface area contributed by atoms with E-state index in [2.05, 4.69) is 226 Å². The molecule has 89 heavy (non-hydrogen) atoms. The largest absolute Gasteiger partial charge is 0.512 e. The van der Waals surface area contributed by atoms with Crippen LogP contribution in [0, 0.1) is 52.0 Å². The van der Waals surface area contributed by atoms with Gasteiger partial charge in [-0.1, -0.05) is 223 Å². The number of aryl methyl sites for hydroxylation is 1. The number of hydrogen-bond donors (Lipinski definition) is 1. The Hall–Kier alpha value is -6.92. The Morgan fingerprint density at radius 3 is 1.38 bits per heavy atom. The van der Waals surface area contributed by atoms with Crippen LogP contribution in [0.1, 0.15) is 178 Å². The number of aliphatic hydroxyl groups excluding tert-OH is 1. The maximum atomic E-state index is 12.0. The van der Waals surface area contributed by atoms with E-state index in [1.165, 1.54) is 77.0 Å². The van der Waals surface area contributed by atoms with Crippen molar-refractivity contribution in [2.75, 3.05) is 0 Å². The van der Waals surface area contributed by atoms with Crippen LogP contribution in [0.5, 0.6) is 23.0 Å². The van der Waals surface area contributed by atoms with Gasteiger partial charge in [0.25, 0.3) is 0 Å². The van der Waals surface area contributed by atoms with Crippen LogP contribution in [-0.4, -0.2) is 20.9 Å². The molecule has 0 bridgehead atoms. The molecule has 0 atom stereocenters. The molecule has 0 fully saturated rings. The summed E-state index contributed by atoms with van der Waals surface area (Å²) >= 11 is 0. The third kappa shape index (κ3) is 14.0. The number of ether oxygens (including phenoxy) is 2. The average molecular weight is 1360 g/mol. The molecule has 12 rings (SSSR count). The Kier molecular flexibility index (Phi) is 19.2. The Morgan fingerprint density at radius 2 is 0.944 bits per heavy atom. The maximum Gasteiger partial charge on any atom is 0.162 e. The molecule has 0 saturated carbocycles. The zero-order valence-electron chi connectivity index (χ0n) is 56.4. The average Bonchev–Trinajstić information content (AvgIpc) is 0.792. The summed E-state index contributed by atoms with van der Waals surface area (Å²) in [7, 11) is 0. The van der Waals surface area contributed by atoms with E-state index in [9.17, 15) is 9.90 Å². The van der Waals surface area contributed by atoms with E-state index < -0.39 is 0 Å². The number of hydrogen-bond acceptors (Lipinski definition) is 6. The second-order valence-corrected chi connectivity index (χ2v) is 30.2. The van der Waals surface area contributed by atoms with E-state index in [4.69, 9.17) is 19.4 Å². The first kappa shape index (κ1) is 66.5. The minimum absolute atomic E-state index is 0. The van der Waals surface area contributed by atoms with Crippen molar-refractivity contribution in [3.05, 3.63) is 167 Å². The van der Waals surface area contributed by atoms with Crippen molar-refractivity contribution in [3.63, 3.8) is 0 Å². The fourth-order valence-corrected chi connectivity index (χ4v) is 13.6. The number of rotatable bonds is 12. The molecule has 2 aromatic heterocycles. The van der Waals surface area contributed by atoms with Gasteiger partial charge in [-0.15, -0.1) is 35.0 Å². The van der Waals surface area contributed by atoms with Crippen molar-refractivity contribution >= 4 is 70.4 Å². The van der Waals surface area contributed by atoms with Gasteiger partial charge >= 0.3 is 0 Å². The van der Waals surface area contributed by atoms with Crippen LogP contribution >= 0.6 is 0 Å². The molecule has 8 aromatic carbocycles. The van der Waals surface area contributed by atoms with Gasteiger partial charge in [0.2, 0.25) is 0 Å². The van der Waals surface area contributed by atoms with Crippen LogP contribution < -0.4 is 9.47 Å². The number of nitrogens with zero attached hydrogens (tertiary/aromatic N) is 2. The summed E-state index contributed by atoms with van der Waals surface area (Å²) < 4.78 is 13.7. The molecule has 6 nitrogen and oxygen atoms in total. The van der Waals surface area contributed by atoms with Gasteiger partial charge < -0.3 is 14.6 Å². The molecule has 7 heteroatoms. The molecule has 4 heterocycles. The van der Waals surface area contributed by atoms with Crippen molar-refractivity contribution in [3.8, 4) is 45.5 Å². The molecule has 0 amide bonds. The molecule has 0 unspecified atom stereocenters. The van der Waals surface area contributed by atoms with E-state index in [0.717, 1.165) is 125 Å². The first-order valence-corrected chi connectivity index (χ1v) is 32.5. The van der Waals surface area contributed by atoms with E-state index >= 15 is 0 Å². The number of aromatic nitrogens is 2. The van der Waals surface area contributed by atoms with Crippen molar-refractivity contribution in [1.29, 1.82) is 0 Å². The van der Waals surface area contributed by atoms with Crippen molar-refractivity contribution in [1.82, 2.24) is 9.97 Å². The molecule has 2 aliphatic rings. The first-order valence-electron chi connectivity index (χ1n) is 32.5. The van der Waals surface area contributed by atoms with Gasteiger partial charge in [0.1, 0.15) is 17.3 Å². The molecule has 1 N–H and O–H groups in total. The summed E-state index contributed by atoms with van der Waals surface area (Å²) in [6, 6.07) is 45.0. The summed E-state index contributed by atoms with van der Waals surface area (Å²) in [6.07, 6.45) is 13.6. The van der Waals surface area contributed by atoms with E-state index in [1.54, 1.807) is 0 Å². The topological polar surface area (TPSA) is 81.5 Å². The van der Waals surface area contributed by atoms with Crippen molar-refractivity contribution in [2.24, 2.45) is 33.0 Å². The van der Waals surface area contributed by atoms with E-state index in [1.807, 2.05) is 26.2 Å². The summed E-state index contributed by atoms with van der Waals surface area (Å²) in [5.41, 5.74) is 10.8. The summed E-state index contributed by atoms with van der Waals surface area (Å²) in [4.78, 5) is 21.8. The monoisotopic (exact) mass is 1360 g/mol. The van der Waals surface area contributed by atoms with Crippen molar-refractivity contribution < 1.29 is 39.5 Å². The molecule has 0 saturated heterocycles. The van der Waals surface area contributed by atoms with Crippen LogP contribution in [0.4, 0.5) is 0 Å². The predicted octanol–water partition coefficient (Wildman–Crippen LogP) is 23.5. The van der Waals surface area contributed by atoms with E-state index in [-0.39, 0.29) is 64.6 Å². The number of allylic oxidation sites excluding steroid dienone is 2. The van der Waals surface area contributed by atoms with E-state index in [0.29, 0.717) is 0 Å². The van der Waals surface area contributed by atoms with Crippen LogP contribution in [0.2, 0.25) is 0 Å². The standard InChI is InChI=1S/C34H34NO.C33H32NO.C15H28O2.Ir/c1-20-8-10-25-22(14-20)16-27-31-30-26(12-13-35-31)24-11-9-21(18-33(2,3)4)15-23(24)17-29(30)36-32(27)28(25)19-34(5,6)7;1-32(2,3)18-20-11-12-24-22(15-20)17-28-29-25(24)13-14-34-30(29)26-16-21-9-7-8-10-23(21)27(31(26)35-28)19-33(4,5)6;1-6-12(7-2)13(16)11-14(17)15(8-3,9-4)10-5;/h8-15,17H,18-19H2,1-7H3;7-15,17H,18-19H2,1-6H3;11-12,17H,6-10H2,1-5H3;/q2*-1;;/b;;14-11-;. The fraction of sp³-hybridized carbons (Fsp3) is 0.402. The quantitative estimate of drug-likeness (QED) is 0.0568. The molecule has 2 aliphatic heterocycles. The predicted molar refractivity (Wildman–Crippen MR) is 373 cm³/mol. The number of ketones is 1. The number of fused-ring (bicyclic) bond motifs is 10. The normalized spacial score (nSPS) is 13.1. The van der Waals surface area contributed by atoms with Gasteiger partial charge in [-0.3, -0.25) is 14.8 Å². The summed E-state index contributed by atoms with van der Waals surface area (Å²) in [6.45, 7) is 39.8. The molecule has 0 aliphatic carbocycles. The fourth-order valence-electron chi connectivity index (χ4n) is 13.6. The van der Waals surface area contributed by atoms with Gasteiger partial charge in [0, 0.05) is 72.1 Å². The molecule has 0 spiro atoms. The Morgan fingerprint density at radius 1 is 0.517 bits per heavy atom. The van der Waals surface area contributed by atoms with Gasteiger partial charge in [-0.05, 0) is 154 Å². The Labute approximate surface area is 544 Å². The van der Waals surface area contributed by atoms with Crippen LogP contribution in [-0.2, 0) is 50.6 Å². The SMILES string of the molecule is CC(C)(C)Cc1ccc2c(c1)cc1c3c(nccc32)-c2[c-]c3ccccc3c(CC(C)(C)C)c2O1.CCC(CC)C(=O)/C=C(\O)C(CC)(CC)CC.Cc1ccc2c(CC(C)(C)C)c3c([c-]c2c1)-c1nccc2c1c(cc1cc(CC(C)(C)C)ccc12)O3.[Ir]. The molecule has 10 aromatic rings. The minimum atomic E-state index is -0.207. The smallest absolute Gasteiger partial charge is 0.162 e. The van der Waals surface area contributed by atoms with Gasteiger partial charge in [-0.25, -0.2) is 0 Å². The number of carbonyl (C=O) groups excluding carboxylic acids is 1. The Balaban J connectivity index is 0.000000168.